The Kier molecular flexibility index (Phi) is 3.42. The van der Waals surface area contributed by atoms with Gasteiger partial charge in [0.2, 0.25) is 0 Å². The van der Waals surface area contributed by atoms with Crippen LogP contribution >= 0.6 is 11.3 Å². The zero-order chi connectivity index (χ0) is 14.3. The summed E-state index contributed by atoms with van der Waals surface area (Å²) in [5, 5.41) is 11.7. The number of anilines is 1. The van der Waals surface area contributed by atoms with E-state index in [0.717, 1.165) is 29.6 Å². The summed E-state index contributed by atoms with van der Waals surface area (Å²) < 4.78 is 2.03. The third kappa shape index (κ3) is 2.27. The number of thiazole rings is 1. The van der Waals surface area contributed by atoms with Crippen molar-refractivity contribution in [1.82, 2.24) is 9.38 Å². The fourth-order valence-electron chi connectivity index (χ4n) is 4.22. The van der Waals surface area contributed by atoms with Crippen molar-refractivity contribution in [3.63, 3.8) is 0 Å². The Labute approximate surface area is 129 Å². The molecule has 3 heterocycles. The second-order valence-corrected chi connectivity index (χ2v) is 7.52. The molecule has 0 amide bonds. The average Bonchev–Trinajstić information content (AvgIpc) is 3.09. The van der Waals surface area contributed by atoms with Gasteiger partial charge in [-0.3, -0.25) is 4.40 Å². The molecule has 0 aromatic carbocycles. The summed E-state index contributed by atoms with van der Waals surface area (Å²) >= 11 is 1.64. The summed E-state index contributed by atoms with van der Waals surface area (Å²) in [5.41, 5.74) is 1.57. The minimum absolute atomic E-state index is 0.0644. The molecule has 1 aliphatic heterocycles. The molecule has 5 heteroatoms. The predicted molar refractivity (Wildman–Crippen MR) is 86.0 cm³/mol. The van der Waals surface area contributed by atoms with Gasteiger partial charge in [0.15, 0.2) is 10.8 Å². The molecular formula is C16H23N3OS. The highest BCUT2D eigenvalue weighted by atomic mass is 32.1. The first-order valence-electron chi connectivity index (χ1n) is 8.12. The standard InChI is InChI=1S/C16H23N3OS/c20-12-13-14(17-15-19(13)10-11-21-15)18-8-6-16(7-9-18)4-2-1-3-5-16/h10-11,20H,1-9,12H2. The Balaban J connectivity index is 1.55. The molecule has 2 aromatic rings. The quantitative estimate of drug-likeness (QED) is 0.924. The van der Waals surface area contributed by atoms with Crippen molar-refractivity contribution in [1.29, 1.82) is 0 Å². The van der Waals surface area contributed by atoms with E-state index in [-0.39, 0.29) is 6.61 Å². The van der Waals surface area contributed by atoms with Crippen LogP contribution in [0.5, 0.6) is 0 Å². The molecule has 21 heavy (non-hydrogen) atoms. The number of imidazole rings is 1. The number of aliphatic hydroxyl groups excluding tert-OH is 1. The number of hydrogen-bond acceptors (Lipinski definition) is 4. The van der Waals surface area contributed by atoms with Crippen molar-refractivity contribution < 1.29 is 5.11 Å². The Bertz CT molecular complexity index is 617. The first-order valence-corrected chi connectivity index (χ1v) is 9.00. The van der Waals surface area contributed by atoms with E-state index in [9.17, 15) is 5.11 Å². The summed E-state index contributed by atoms with van der Waals surface area (Å²) in [7, 11) is 0. The molecule has 0 bridgehead atoms. The summed E-state index contributed by atoms with van der Waals surface area (Å²) in [4.78, 5) is 8.13. The lowest BCUT2D eigenvalue weighted by Crippen LogP contribution is -2.41. The Morgan fingerprint density at radius 1 is 1.14 bits per heavy atom. The van der Waals surface area contributed by atoms with E-state index in [1.54, 1.807) is 11.3 Å². The molecule has 0 unspecified atom stereocenters. The maximum Gasteiger partial charge on any atom is 0.195 e. The second kappa shape index (κ2) is 5.29. The molecule has 2 fully saturated rings. The van der Waals surface area contributed by atoms with Crippen LogP contribution in [-0.2, 0) is 6.61 Å². The van der Waals surface area contributed by atoms with Crippen LogP contribution in [-0.4, -0.2) is 27.6 Å². The van der Waals surface area contributed by atoms with Crippen molar-refractivity contribution in [2.75, 3.05) is 18.0 Å². The lowest BCUT2D eigenvalue weighted by atomic mass is 9.68. The normalized spacial score (nSPS) is 22.2. The van der Waals surface area contributed by atoms with Gasteiger partial charge in [0.25, 0.3) is 0 Å². The Morgan fingerprint density at radius 3 is 2.62 bits per heavy atom. The Hall–Kier alpha value is -1.07. The van der Waals surface area contributed by atoms with Gasteiger partial charge in [0, 0.05) is 24.7 Å². The largest absolute Gasteiger partial charge is 0.390 e. The van der Waals surface area contributed by atoms with Crippen LogP contribution in [0.1, 0.15) is 50.6 Å². The third-order valence-electron chi connectivity index (χ3n) is 5.53. The second-order valence-electron chi connectivity index (χ2n) is 6.64. The number of hydrogen-bond donors (Lipinski definition) is 1. The van der Waals surface area contributed by atoms with Gasteiger partial charge in [-0.1, -0.05) is 19.3 Å². The molecule has 1 N–H and O–H groups in total. The maximum atomic E-state index is 9.71. The summed E-state index contributed by atoms with van der Waals surface area (Å²) in [5.74, 6) is 1.01. The van der Waals surface area contributed by atoms with Crippen LogP contribution in [0.25, 0.3) is 4.96 Å². The van der Waals surface area contributed by atoms with Crippen molar-refractivity contribution in [2.24, 2.45) is 5.41 Å². The van der Waals surface area contributed by atoms with Crippen LogP contribution in [0, 0.1) is 5.41 Å². The monoisotopic (exact) mass is 305 g/mol. The first-order chi connectivity index (χ1) is 10.3. The van der Waals surface area contributed by atoms with Crippen molar-refractivity contribution in [2.45, 2.75) is 51.6 Å². The molecule has 4 nitrogen and oxygen atoms in total. The SMILES string of the molecule is OCc1c(N2CCC3(CCCCC3)CC2)nc2sccn12. The van der Waals surface area contributed by atoms with Gasteiger partial charge >= 0.3 is 0 Å². The van der Waals surface area contributed by atoms with Gasteiger partial charge in [-0.05, 0) is 31.1 Å². The number of piperidine rings is 1. The van der Waals surface area contributed by atoms with Crippen molar-refractivity contribution in [3.05, 3.63) is 17.3 Å². The van der Waals surface area contributed by atoms with Crippen LogP contribution in [0.15, 0.2) is 11.6 Å². The van der Waals surface area contributed by atoms with Gasteiger partial charge in [-0.15, -0.1) is 11.3 Å². The zero-order valence-electron chi connectivity index (χ0n) is 12.4. The molecule has 4 rings (SSSR count). The van der Waals surface area contributed by atoms with Gasteiger partial charge in [0.05, 0.1) is 12.3 Å². The number of rotatable bonds is 2. The number of aromatic nitrogens is 2. The molecule has 1 spiro atoms. The molecule has 2 aromatic heterocycles. The van der Waals surface area contributed by atoms with Crippen LogP contribution in [0.2, 0.25) is 0 Å². The van der Waals surface area contributed by atoms with E-state index < -0.39 is 0 Å². The minimum atomic E-state index is 0.0644. The summed E-state index contributed by atoms with van der Waals surface area (Å²) in [6.07, 6.45) is 11.7. The topological polar surface area (TPSA) is 40.8 Å². The third-order valence-corrected chi connectivity index (χ3v) is 6.28. The predicted octanol–water partition coefficient (Wildman–Crippen LogP) is 3.44. The van der Waals surface area contributed by atoms with Crippen LogP contribution in [0.4, 0.5) is 5.82 Å². The molecule has 114 valence electrons. The van der Waals surface area contributed by atoms with E-state index in [1.807, 2.05) is 16.0 Å². The highest BCUT2D eigenvalue weighted by Gasteiger charge is 2.36. The fraction of sp³-hybridized carbons (Fsp3) is 0.688. The summed E-state index contributed by atoms with van der Waals surface area (Å²) in [6.45, 7) is 2.25. The van der Waals surface area contributed by atoms with E-state index in [0.29, 0.717) is 5.41 Å². The van der Waals surface area contributed by atoms with E-state index in [2.05, 4.69) is 4.90 Å². The minimum Gasteiger partial charge on any atom is -0.390 e. The van der Waals surface area contributed by atoms with E-state index in [4.69, 9.17) is 4.98 Å². The maximum absolute atomic E-state index is 9.71. The molecule has 1 aliphatic carbocycles. The number of nitrogens with zero attached hydrogens (tertiary/aromatic N) is 3. The van der Waals surface area contributed by atoms with Crippen molar-refractivity contribution >= 4 is 22.1 Å². The average molecular weight is 305 g/mol. The van der Waals surface area contributed by atoms with Gasteiger partial charge in [0.1, 0.15) is 0 Å². The smallest absolute Gasteiger partial charge is 0.195 e. The van der Waals surface area contributed by atoms with Crippen molar-refractivity contribution in [3.8, 4) is 0 Å². The zero-order valence-corrected chi connectivity index (χ0v) is 13.2. The van der Waals surface area contributed by atoms with E-state index >= 15 is 0 Å². The molecule has 1 saturated heterocycles. The number of fused-ring (bicyclic) bond motifs is 1. The van der Waals surface area contributed by atoms with Crippen LogP contribution < -0.4 is 4.90 Å². The van der Waals surface area contributed by atoms with Gasteiger partial charge in [-0.25, -0.2) is 4.98 Å². The highest BCUT2D eigenvalue weighted by molar-refractivity contribution is 7.15. The molecule has 0 radical (unpaired) electrons. The lowest BCUT2D eigenvalue weighted by molar-refractivity contribution is 0.144. The first kappa shape index (κ1) is 13.6. The van der Waals surface area contributed by atoms with Gasteiger partial charge < -0.3 is 10.0 Å². The number of aliphatic hydroxyl groups is 1. The molecule has 0 atom stereocenters. The molecular weight excluding hydrogens is 282 g/mol. The van der Waals surface area contributed by atoms with Gasteiger partial charge in [-0.2, -0.15) is 0 Å². The molecule has 2 aliphatic rings. The summed E-state index contributed by atoms with van der Waals surface area (Å²) in [6, 6.07) is 0. The fourth-order valence-corrected chi connectivity index (χ4v) is 4.94. The molecule has 1 saturated carbocycles. The highest BCUT2D eigenvalue weighted by Crippen LogP contribution is 2.45. The Morgan fingerprint density at radius 2 is 1.90 bits per heavy atom. The lowest BCUT2D eigenvalue weighted by Gasteiger charge is -2.44. The van der Waals surface area contributed by atoms with E-state index in [1.165, 1.54) is 44.9 Å². The van der Waals surface area contributed by atoms with Crippen LogP contribution in [0.3, 0.4) is 0 Å².